The molecular weight excluding hydrogens is 209 g/mol. The summed E-state index contributed by atoms with van der Waals surface area (Å²) in [5.74, 6) is 5.87. The normalized spacial score (nSPS) is 7.45. The molecule has 0 spiro atoms. The van der Waals surface area contributed by atoms with Crippen molar-refractivity contribution in [1.82, 2.24) is 0 Å². The van der Waals surface area contributed by atoms with E-state index < -0.39 is 0 Å². The van der Waals surface area contributed by atoms with Gasteiger partial charge in [0.25, 0.3) is 0 Å². The predicted molar refractivity (Wildman–Crippen MR) is 42.6 cm³/mol. The van der Waals surface area contributed by atoms with Crippen LogP contribution < -0.4 is 0 Å². The summed E-state index contributed by atoms with van der Waals surface area (Å²) in [5.41, 5.74) is 2.29. The Balaban J connectivity index is 0.000001000. The molecule has 11 heavy (non-hydrogen) atoms. The third-order valence-corrected chi connectivity index (χ3v) is 1.33. The van der Waals surface area contributed by atoms with Gasteiger partial charge in [-0.1, -0.05) is 18.4 Å². The third kappa shape index (κ3) is 3.19. The van der Waals surface area contributed by atoms with Crippen molar-refractivity contribution in [2.24, 2.45) is 0 Å². The van der Waals surface area contributed by atoms with E-state index in [0.717, 1.165) is 5.56 Å². The monoisotopic (exact) mass is 218 g/mol. The first-order valence-electron chi connectivity index (χ1n) is 3.24. The van der Waals surface area contributed by atoms with E-state index in [0.29, 0.717) is 0 Å². The first-order valence-corrected chi connectivity index (χ1v) is 3.24. The number of hydrogen-bond donors (Lipinski definition) is 0. The minimum Gasteiger partial charge on any atom is -0.183 e. The van der Waals surface area contributed by atoms with E-state index in [9.17, 15) is 0 Å². The molecule has 1 rings (SSSR count). The van der Waals surface area contributed by atoms with Crippen LogP contribution in [0.15, 0.2) is 18.2 Å². The first-order chi connectivity index (χ1) is 4.84. The summed E-state index contributed by atoms with van der Waals surface area (Å²) < 4.78 is 0. The van der Waals surface area contributed by atoms with Crippen LogP contribution in [-0.4, -0.2) is 0 Å². The topological polar surface area (TPSA) is 0 Å². The molecule has 0 unspecified atom stereocenters. The fourth-order valence-corrected chi connectivity index (χ4v) is 0.789. The largest absolute Gasteiger partial charge is 3.00 e. The Morgan fingerprint density at radius 1 is 1.45 bits per heavy atom. The summed E-state index contributed by atoms with van der Waals surface area (Å²) in [6.07, 6.45) is 0. The van der Waals surface area contributed by atoms with Crippen LogP contribution in [0.2, 0.25) is 0 Å². The number of aryl methyl sites for hydroxylation is 1. The number of rotatable bonds is 0. The van der Waals surface area contributed by atoms with E-state index in [-0.39, 0.29) is 32.7 Å². The molecule has 0 bridgehead atoms. The van der Waals surface area contributed by atoms with Gasteiger partial charge in [-0.05, 0) is 6.92 Å². The van der Waals surface area contributed by atoms with Crippen molar-refractivity contribution in [2.45, 2.75) is 13.8 Å². The van der Waals surface area contributed by atoms with Gasteiger partial charge in [0, 0.05) is 0 Å². The maximum absolute atomic E-state index is 3.01. The zero-order valence-electron chi connectivity index (χ0n) is 6.81. The molecule has 1 aromatic carbocycles. The molecule has 0 nitrogen and oxygen atoms in total. The molecule has 0 amide bonds. The second-order valence-electron chi connectivity index (χ2n) is 2.12. The van der Waals surface area contributed by atoms with Gasteiger partial charge in [0.2, 0.25) is 0 Å². The Kier molecular flexibility index (Phi) is 5.47. The van der Waals surface area contributed by atoms with Crippen molar-refractivity contribution in [2.75, 3.05) is 0 Å². The molecule has 0 saturated heterocycles. The van der Waals surface area contributed by atoms with Crippen LogP contribution in [0, 0.1) is 24.8 Å². The zero-order valence-corrected chi connectivity index (χ0v) is 9.65. The van der Waals surface area contributed by atoms with Gasteiger partial charge in [0.05, 0.1) is 0 Å². The van der Waals surface area contributed by atoms with Crippen molar-refractivity contribution in [3.05, 3.63) is 35.4 Å². The van der Waals surface area contributed by atoms with E-state index in [4.69, 9.17) is 0 Å². The summed E-state index contributed by atoms with van der Waals surface area (Å²) in [6.45, 7) is 3.88. The van der Waals surface area contributed by atoms with Crippen LogP contribution in [0.5, 0.6) is 0 Å². The van der Waals surface area contributed by atoms with Gasteiger partial charge in [-0.3, -0.25) is 0 Å². The van der Waals surface area contributed by atoms with E-state index in [1.807, 2.05) is 32.0 Å². The van der Waals surface area contributed by atoms with Crippen molar-refractivity contribution < 1.29 is 32.7 Å². The second-order valence-corrected chi connectivity index (χ2v) is 2.12. The average Bonchev–Trinajstić information content (AvgIpc) is 1.94. The van der Waals surface area contributed by atoms with Gasteiger partial charge in [0.15, 0.2) is 0 Å². The van der Waals surface area contributed by atoms with Crippen LogP contribution in [0.3, 0.4) is 0 Å². The van der Waals surface area contributed by atoms with E-state index in [1.54, 1.807) is 0 Å². The minimum absolute atomic E-state index is 0. The second kappa shape index (κ2) is 5.52. The van der Waals surface area contributed by atoms with Gasteiger partial charge < -0.3 is 0 Å². The molecular formula is C10H9Y+2. The van der Waals surface area contributed by atoms with Crippen molar-refractivity contribution in [3.63, 3.8) is 0 Å². The average molecular weight is 218 g/mol. The van der Waals surface area contributed by atoms with Crippen molar-refractivity contribution in [1.29, 1.82) is 0 Å². The molecule has 1 aromatic rings. The molecule has 0 aliphatic rings. The summed E-state index contributed by atoms with van der Waals surface area (Å²) in [6, 6.07) is 8.80. The summed E-state index contributed by atoms with van der Waals surface area (Å²) in [4.78, 5) is 0. The van der Waals surface area contributed by atoms with Crippen molar-refractivity contribution in [3.8, 4) is 11.8 Å². The van der Waals surface area contributed by atoms with Crippen LogP contribution in [-0.2, 0) is 32.7 Å². The summed E-state index contributed by atoms with van der Waals surface area (Å²) >= 11 is 0. The fourth-order valence-electron chi connectivity index (χ4n) is 0.789. The molecule has 0 aliphatic heterocycles. The molecule has 0 radical (unpaired) electrons. The maximum atomic E-state index is 3.01. The smallest absolute Gasteiger partial charge is 0.183 e. The number of benzene rings is 1. The Hall–Kier alpha value is -0.116. The fraction of sp³-hybridized carbons (Fsp3) is 0.200. The maximum Gasteiger partial charge on any atom is 3.00 e. The van der Waals surface area contributed by atoms with Gasteiger partial charge in [-0.25, -0.2) is 0 Å². The molecule has 0 fully saturated rings. The van der Waals surface area contributed by atoms with Gasteiger partial charge in [-0.2, -0.15) is 24.3 Å². The third-order valence-electron chi connectivity index (χ3n) is 1.33. The zero-order chi connectivity index (χ0) is 7.40. The Morgan fingerprint density at radius 3 is 2.73 bits per heavy atom. The van der Waals surface area contributed by atoms with Crippen LogP contribution in [0.1, 0.15) is 18.1 Å². The molecule has 0 N–H and O–H groups in total. The molecule has 0 atom stereocenters. The van der Waals surface area contributed by atoms with E-state index in [2.05, 4.69) is 17.9 Å². The molecule has 50 valence electrons. The molecule has 1 heteroatoms. The van der Waals surface area contributed by atoms with Crippen LogP contribution >= 0.6 is 0 Å². The molecule has 0 saturated carbocycles. The summed E-state index contributed by atoms with van der Waals surface area (Å²) in [7, 11) is 0. The SMILES string of the molecule is CC#Cc1cc[c-]cc1C.[Y+3]. The Labute approximate surface area is 93.3 Å². The first kappa shape index (κ1) is 10.9. The van der Waals surface area contributed by atoms with Gasteiger partial charge >= 0.3 is 32.7 Å². The predicted octanol–water partition coefficient (Wildman–Crippen LogP) is 2.16. The van der Waals surface area contributed by atoms with E-state index in [1.165, 1.54) is 5.56 Å². The number of hydrogen-bond acceptors (Lipinski definition) is 0. The van der Waals surface area contributed by atoms with Crippen LogP contribution in [0.4, 0.5) is 0 Å². The van der Waals surface area contributed by atoms with Gasteiger partial charge in [0.1, 0.15) is 0 Å². The standard InChI is InChI=1S/C10H9.Y/c1-3-6-10-8-5-4-7-9(10)2;/h5,7-8H,1-2H3;/q-1;+3. The molecule has 0 aromatic heterocycles. The van der Waals surface area contributed by atoms with Gasteiger partial charge in [-0.15, -0.1) is 11.5 Å². The molecule has 0 heterocycles. The van der Waals surface area contributed by atoms with Crippen molar-refractivity contribution >= 4 is 0 Å². The summed E-state index contributed by atoms with van der Waals surface area (Å²) in [5, 5.41) is 0. The molecule has 0 aliphatic carbocycles. The quantitative estimate of drug-likeness (QED) is 0.462. The Morgan fingerprint density at radius 2 is 2.18 bits per heavy atom. The van der Waals surface area contributed by atoms with Crippen LogP contribution in [0.25, 0.3) is 0 Å². The minimum atomic E-state index is 0. The Bertz CT molecular complexity index is 278. The van der Waals surface area contributed by atoms with E-state index >= 15 is 0 Å².